The van der Waals surface area contributed by atoms with Gasteiger partial charge < -0.3 is 9.47 Å². The largest absolute Gasteiger partial charge is 0.493 e. The maximum Gasteiger partial charge on any atom is 0.358 e. The molecular formula is C23H22N4O3. The van der Waals surface area contributed by atoms with E-state index in [4.69, 9.17) is 9.47 Å². The van der Waals surface area contributed by atoms with E-state index in [2.05, 4.69) is 10.2 Å². The summed E-state index contributed by atoms with van der Waals surface area (Å²) in [4.78, 5) is 12.2. The van der Waals surface area contributed by atoms with Gasteiger partial charge >= 0.3 is 5.97 Å². The minimum absolute atomic E-state index is 0.246. The van der Waals surface area contributed by atoms with Gasteiger partial charge in [0.05, 0.1) is 36.8 Å². The van der Waals surface area contributed by atoms with Gasteiger partial charge in [-0.25, -0.2) is 9.48 Å². The molecule has 1 saturated carbocycles. The molecule has 0 unspecified atom stereocenters. The maximum atomic E-state index is 12.2. The highest BCUT2D eigenvalue weighted by Crippen LogP contribution is 2.32. The normalized spacial score (nSPS) is 13.5. The third-order valence-electron chi connectivity index (χ3n) is 5.38. The topological polar surface area (TPSA) is 71.2 Å². The number of hydrogen-bond donors (Lipinski definition) is 0. The highest BCUT2D eigenvalue weighted by molar-refractivity contribution is 5.91. The molecule has 0 spiro atoms. The van der Waals surface area contributed by atoms with Crippen molar-refractivity contribution in [3.05, 3.63) is 60.4 Å². The predicted octanol–water partition coefficient (Wildman–Crippen LogP) is 4.00. The molecule has 5 rings (SSSR count). The number of carbonyl (C=O) groups excluding carboxylic acids is 1. The second kappa shape index (κ2) is 7.33. The number of aromatic nitrogens is 4. The van der Waals surface area contributed by atoms with Crippen LogP contribution in [0.25, 0.3) is 27.8 Å². The van der Waals surface area contributed by atoms with Crippen molar-refractivity contribution >= 4 is 16.9 Å². The smallest absolute Gasteiger partial charge is 0.358 e. The van der Waals surface area contributed by atoms with E-state index in [0.29, 0.717) is 5.92 Å². The van der Waals surface area contributed by atoms with E-state index in [1.54, 1.807) is 10.7 Å². The summed E-state index contributed by atoms with van der Waals surface area (Å²) in [6, 6.07) is 15.6. The Morgan fingerprint density at radius 2 is 2.00 bits per heavy atom. The molecule has 0 saturated heterocycles. The number of fused-ring (bicyclic) bond motifs is 1. The van der Waals surface area contributed by atoms with Crippen LogP contribution < -0.4 is 4.74 Å². The Bertz CT molecular complexity index is 1240. The molecule has 0 bridgehead atoms. The number of nitrogens with zero attached hydrogens (tertiary/aromatic N) is 4. The standard InChI is InChI=1S/C23H22N4O3/c1-26-22-17(13-24-26)6-4-8-20(22)27-21(12-19(25-27)23(28)29-2)16-5-3-7-18(11-16)30-14-15-9-10-15/h3-8,11-13,15H,9-10,14H2,1-2H3. The van der Waals surface area contributed by atoms with Crippen LogP contribution in [0.15, 0.2) is 54.7 Å². The Kier molecular flexibility index (Phi) is 4.50. The van der Waals surface area contributed by atoms with Crippen molar-refractivity contribution in [2.24, 2.45) is 13.0 Å². The molecule has 1 aliphatic carbocycles. The number of esters is 1. The predicted molar refractivity (Wildman–Crippen MR) is 113 cm³/mol. The van der Waals surface area contributed by atoms with E-state index < -0.39 is 5.97 Å². The van der Waals surface area contributed by atoms with E-state index in [-0.39, 0.29) is 5.69 Å². The number of rotatable bonds is 6. The Morgan fingerprint density at radius 1 is 1.17 bits per heavy atom. The molecule has 7 heteroatoms. The lowest BCUT2D eigenvalue weighted by Crippen LogP contribution is -2.06. The van der Waals surface area contributed by atoms with Gasteiger partial charge in [0.1, 0.15) is 5.75 Å². The highest BCUT2D eigenvalue weighted by Gasteiger charge is 2.23. The molecule has 0 N–H and O–H groups in total. The van der Waals surface area contributed by atoms with E-state index in [0.717, 1.165) is 40.2 Å². The lowest BCUT2D eigenvalue weighted by atomic mass is 10.1. The van der Waals surface area contributed by atoms with Gasteiger partial charge in [-0.15, -0.1) is 0 Å². The van der Waals surface area contributed by atoms with Crippen LogP contribution in [0, 0.1) is 5.92 Å². The first-order valence-electron chi connectivity index (χ1n) is 9.97. The van der Waals surface area contributed by atoms with Gasteiger partial charge in [-0.3, -0.25) is 4.68 Å². The van der Waals surface area contributed by atoms with Crippen LogP contribution in [0.1, 0.15) is 23.3 Å². The molecule has 7 nitrogen and oxygen atoms in total. The fraction of sp³-hybridized carbons (Fsp3) is 0.261. The van der Waals surface area contributed by atoms with Gasteiger partial charge in [-0.05, 0) is 43.0 Å². The molecular weight excluding hydrogens is 380 g/mol. The molecule has 1 fully saturated rings. The van der Waals surface area contributed by atoms with Gasteiger partial charge in [0.25, 0.3) is 0 Å². The summed E-state index contributed by atoms with van der Waals surface area (Å²) in [6.07, 6.45) is 4.29. The zero-order chi connectivity index (χ0) is 20.7. The first-order chi connectivity index (χ1) is 14.6. The average molecular weight is 402 g/mol. The maximum absolute atomic E-state index is 12.2. The van der Waals surface area contributed by atoms with Gasteiger partial charge in [0.2, 0.25) is 0 Å². The summed E-state index contributed by atoms with van der Waals surface area (Å²) in [7, 11) is 3.25. The van der Waals surface area contributed by atoms with Crippen LogP contribution in [0.2, 0.25) is 0 Å². The first kappa shape index (κ1) is 18.4. The highest BCUT2D eigenvalue weighted by atomic mass is 16.5. The van der Waals surface area contributed by atoms with Crippen molar-refractivity contribution in [2.45, 2.75) is 12.8 Å². The number of hydrogen-bond acceptors (Lipinski definition) is 5. The number of aryl methyl sites for hydroxylation is 1. The van der Waals surface area contributed by atoms with Gasteiger partial charge in [-0.2, -0.15) is 10.2 Å². The van der Waals surface area contributed by atoms with E-state index in [1.807, 2.05) is 60.4 Å². The third kappa shape index (κ3) is 3.32. The monoisotopic (exact) mass is 402 g/mol. The molecule has 4 aromatic rings. The van der Waals surface area contributed by atoms with Crippen molar-refractivity contribution in [1.82, 2.24) is 19.6 Å². The SMILES string of the molecule is COC(=O)c1cc(-c2cccc(OCC3CC3)c2)n(-c2cccc3cnn(C)c23)n1. The number of carbonyl (C=O) groups is 1. The van der Waals surface area contributed by atoms with Crippen LogP contribution in [0.4, 0.5) is 0 Å². The van der Waals surface area contributed by atoms with Crippen LogP contribution in [-0.2, 0) is 11.8 Å². The molecule has 0 aliphatic heterocycles. The fourth-order valence-corrected chi connectivity index (χ4v) is 3.60. The Hall–Kier alpha value is -3.61. The minimum Gasteiger partial charge on any atom is -0.493 e. The van der Waals surface area contributed by atoms with E-state index in [9.17, 15) is 4.79 Å². The molecule has 30 heavy (non-hydrogen) atoms. The lowest BCUT2D eigenvalue weighted by molar-refractivity contribution is 0.0593. The summed E-state index contributed by atoms with van der Waals surface area (Å²) in [5.74, 6) is 1.01. The third-order valence-corrected chi connectivity index (χ3v) is 5.38. The summed E-state index contributed by atoms with van der Waals surface area (Å²) < 4.78 is 14.4. The second-order valence-electron chi connectivity index (χ2n) is 7.58. The van der Waals surface area contributed by atoms with Crippen molar-refractivity contribution < 1.29 is 14.3 Å². The zero-order valence-corrected chi connectivity index (χ0v) is 16.9. The van der Waals surface area contributed by atoms with Crippen LogP contribution in [-0.4, -0.2) is 39.2 Å². The molecule has 152 valence electrons. The molecule has 0 atom stereocenters. The van der Waals surface area contributed by atoms with Crippen molar-refractivity contribution in [1.29, 1.82) is 0 Å². The Morgan fingerprint density at radius 3 is 2.80 bits per heavy atom. The van der Waals surface area contributed by atoms with E-state index in [1.165, 1.54) is 20.0 Å². The Labute approximate surface area is 173 Å². The quantitative estimate of drug-likeness (QED) is 0.456. The molecule has 2 aromatic carbocycles. The summed E-state index contributed by atoms with van der Waals surface area (Å²) in [5, 5.41) is 9.94. The number of benzene rings is 2. The molecule has 2 aromatic heterocycles. The number of methoxy groups -OCH3 is 1. The van der Waals surface area contributed by atoms with Crippen LogP contribution in [0.5, 0.6) is 5.75 Å². The molecule has 1 aliphatic rings. The van der Waals surface area contributed by atoms with Crippen molar-refractivity contribution in [2.75, 3.05) is 13.7 Å². The summed E-state index contributed by atoms with van der Waals surface area (Å²) in [5.41, 5.74) is 3.70. The molecule has 0 radical (unpaired) electrons. The summed E-state index contributed by atoms with van der Waals surface area (Å²) in [6.45, 7) is 0.741. The average Bonchev–Trinajstić information content (AvgIpc) is 3.38. The lowest BCUT2D eigenvalue weighted by Gasteiger charge is -2.11. The minimum atomic E-state index is -0.478. The van der Waals surface area contributed by atoms with Crippen molar-refractivity contribution in [3.8, 4) is 22.7 Å². The number of para-hydroxylation sites is 1. The second-order valence-corrected chi connectivity index (χ2v) is 7.58. The molecule has 0 amide bonds. The summed E-state index contributed by atoms with van der Waals surface area (Å²) >= 11 is 0. The van der Waals surface area contributed by atoms with E-state index >= 15 is 0 Å². The molecule has 2 heterocycles. The van der Waals surface area contributed by atoms with Crippen LogP contribution >= 0.6 is 0 Å². The van der Waals surface area contributed by atoms with Crippen molar-refractivity contribution in [3.63, 3.8) is 0 Å². The van der Waals surface area contributed by atoms with Gasteiger partial charge in [0, 0.05) is 18.0 Å². The van der Waals surface area contributed by atoms with Crippen LogP contribution in [0.3, 0.4) is 0 Å². The zero-order valence-electron chi connectivity index (χ0n) is 16.9. The fourth-order valence-electron chi connectivity index (χ4n) is 3.60. The Balaban J connectivity index is 1.64. The number of ether oxygens (including phenoxy) is 2. The van der Waals surface area contributed by atoms with Gasteiger partial charge in [-0.1, -0.05) is 24.3 Å². The first-order valence-corrected chi connectivity index (χ1v) is 9.97. The van der Waals surface area contributed by atoms with Gasteiger partial charge in [0.15, 0.2) is 5.69 Å².